The van der Waals surface area contributed by atoms with Crippen molar-refractivity contribution >= 4 is 11.8 Å². The zero-order chi connectivity index (χ0) is 18.5. The van der Waals surface area contributed by atoms with E-state index in [-0.39, 0.29) is 17.7 Å². The van der Waals surface area contributed by atoms with Crippen LogP contribution in [0.3, 0.4) is 0 Å². The maximum atomic E-state index is 12.8. The smallest absolute Gasteiger partial charge is 0.243 e. The summed E-state index contributed by atoms with van der Waals surface area (Å²) in [4.78, 5) is 25.4. The van der Waals surface area contributed by atoms with E-state index in [2.05, 4.69) is 24.5 Å². The Balaban J connectivity index is 1.59. The first kappa shape index (κ1) is 18.9. The van der Waals surface area contributed by atoms with Crippen LogP contribution in [0.15, 0.2) is 30.3 Å². The van der Waals surface area contributed by atoms with Crippen molar-refractivity contribution in [1.29, 1.82) is 0 Å². The molecule has 0 heterocycles. The molecule has 0 aromatic heterocycles. The van der Waals surface area contributed by atoms with Gasteiger partial charge in [-0.25, -0.2) is 0 Å². The van der Waals surface area contributed by atoms with E-state index in [1.54, 1.807) is 0 Å². The van der Waals surface area contributed by atoms with Gasteiger partial charge < -0.3 is 10.6 Å². The number of nitrogens with one attached hydrogen (secondary N) is 2. The van der Waals surface area contributed by atoms with Gasteiger partial charge in [0.1, 0.15) is 6.04 Å². The van der Waals surface area contributed by atoms with E-state index < -0.39 is 6.04 Å². The lowest BCUT2D eigenvalue weighted by atomic mass is 9.76. The molecule has 2 amide bonds. The van der Waals surface area contributed by atoms with E-state index in [9.17, 15) is 9.59 Å². The van der Waals surface area contributed by atoms with Crippen LogP contribution in [-0.4, -0.2) is 23.9 Å². The van der Waals surface area contributed by atoms with Crippen molar-refractivity contribution in [3.05, 3.63) is 35.9 Å². The molecule has 1 aromatic rings. The van der Waals surface area contributed by atoms with E-state index in [4.69, 9.17) is 0 Å². The predicted molar refractivity (Wildman–Crippen MR) is 104 cm³/mol. The highest BCUT2D eigenvalue weighted by molar-refractivity contribution is 5.89. The lowest BCUT2D eigenvalue weighted by molar-refractivity contribution is -0.132. The molecular formula is C22H32N2O2. The summed E-state index contributed by atoms with van der Waals surface area (Å²) in [5, 5.41) is 6.11. The van der Waals surface area contributed by atoms with Crippen LogP contribution in [0.4, 0.5) is 0 Å². The molecule has 4 nitrogen and oxygen atoms in total. The van der Waals surface area contributed by atoms with Gasteiger partial charge in [-0.1, -0.05) is 44.2 Å². The van der Waals surface area contributed by atoms with Gasteiger partial charge in [-0.3, -0.25) is 9.59 Å². The third-order valence-corrected chi connectivity index (χ3v) is 5.92. The molecule has 2 saturated carbocycles. The number of carbonyl (C=O) groups excluding carboxylic acids is 2. The average Bonchev–Trinajstić information content (AvgIpc) is 3.46. The minimum absolute atomic E-state index is 0.0411. The van der Waals surface area contributed by atoms with Crippen LogP contribution < -0.4 is 10.6 Å². The summed E-state index contributed by atoms with van der Waals surface area (Å²) in [6.07, 6.45) is 6.77. The van der Waals surface area contributed by atoms with Crippen LogP contribution in [0.1, 0.15) is 57.9 Å². The molecular weight excluding hydrogens is 324 g/mol. The third-order valence-electron chi connectivity index (χ3n) is 5.92. The predicted octanol–water partition coefficient (Wildman–Crippen LogP) is 3.45. The Bertz CT molecular complexity index is 602. The third kappa shape index (κ3) is 5.33. The van der Waals surface area contributed by atoms with Gasteiger partial charge in [-0.2, -0.15) is 0 Å². The van der Waals surface area contributed by atoms with Crippen molar-refractivity contribution in [2.75, 3.05) is 0 Å². The molecule has 4 heteroatoms. The molecule has 142 valence electrons. The van der Waals surface area contributed by atoms with Crippen LogP contribution in [0, 0.1) is 17.8 Å². The molecule has 2 fully saturated rings. The van der Waals surface area contributed by atoms with Crippen LogP contribution in [0.2, 0.25) is 0 Å². The standard InChI is InChI=1S/C22H32N2O2/c1-15(2)17-8-10-18(11-9-17)21(25)24-20(22(26)23-19-12-13-19)14-16-6-4-3-5-7-16/h3-7,15,17-20H,8-14H2,1-2H3,(H,23,26)(H,24,25)/t17?,18?,20-/m1/s1. The Kier molecular flexibility index (Phi) is 6.33. The fourth-order valence-electron chi connectivity index (χ4n) is 3.93. The number of benzene rings is 1. The van der Waals surface area contributed by atoms with E-state index in [0.29, 0.717) is 18.4 Å². The maximum Gasteiger partial charge on any atom is 0.243 e. The Morgan fingerprint density at radius 2 is 1.65 bits per heavy atom. The molecule has 1 atom stereocenters. The first-order chi connectivity index (χ1) is 12.5. The fourth-order valence-corrected chi connectivity index (χ4v) is 3.93. The first-order valence-electron chi connectivity index (χ1n) is 10.2. The van der Waals surface area contributed by atoms with E-state index >= 15 is 0 Å². The first-order valence-corrected chi connectivity index (χ1v) is 10.2. The number of carbonyl (C=O) groups is 2. The second-order valence-corrected chi connectivity index (χ2v) is 8.39. The van der Waals surface area contributed by atoms with Crippen molar-refractivity contribution < 1.29 is 9.59 Å². The van der Waals surface area contributed by atoms with Crippen molar-refractivity contribution in [2.45, 2.75) is 70.9 Å². The van der Waals surface area contributed by atoms with Crippen LogP contribution >= 0.6 is 0 Å². The molecule has 2 N–H and O–H groups in total. The molecule has 3 rings (SSSR count). The molecule has 2 aliphatic carbocycles. The van der Waals surface area contributed by atoms with E-state index in [0.717, 1.165) is 50.0 Å². The summed E-state index contributed by atoms with van der Waals surface area (Å²) in [6, 6.07) is 9.76. The summed E-state index contributed by atoms with van der Waals surface area (Å²) in [6.45, 7) is 4.53. The molecule has 26 heavy (non-hydrogen) atoms. The summed E-state index contributed by atoms with van der Waals surface area (Å²) in [5.74, 6) is 1.49. The van der Waals surface area contributed by atoms with Crippen molar-refractivity contribution in [3.8, 4) is 0 Å². The Hall–Kier alpha value is -1.84. The normalized spacial score (nSPS) is 24.1. The van der Waals surface area contributed by atoms with Gasteiger partial charge in [0.2, 0.25) is 11.8 Å². The lowest BCUT2D eigenvalue weighted by Crippen LogP contribution is -2.50. The average molecular weight is 357 g/mol. The number of hydrogen-bond donors (Lipinski definition) is 2. The van der Waals surface area contributed by atoms with Crippen LogP contribution in [0.5, 0.6) is 0 Å². The second-order valence-electron chi connectivity index (χ2n) is 8.39. The highest BCUT2D eigenvalue weighted by atomic mass is 16.2. The van der Waals surface area contributed by atoms with Gasteiger partial charge >= 0.3 is 0 Å². The molecule has 0 aliphatic heterocycles. The highest BCUT2D eigenvalue weighted by Crippen LogP contribution is 2.33. The topological polar surface area (TPSA) is 58.2 Å². The van der Waals surface area contributed by atoms with E-state index in [1.807, 2.05) is 30.3 Å². The van der Waals surface area contributed by atoms with Gasteiger partial charge in [0.15, 0.2) is 0 Å². The number of hydrogen-bond acceptors (Lipinski definition) is 2. The largest absolute Gasteiger partial charge is 0.352 e. The van der Waals surface area contributed by atoms with Crippen molar-refractivity contribution in [2.24, 2.45) is 17.8 Å². The van der Waals surface area contributed by atoms with Gasteiger partial charge in [0.25, 0.3) is 0 Å². The summed E-state index contributed by atoms with van der Waals surface area (Å²) in [5.41, 5.74) is 1.08. The zero-order valence-electron chi connectivity index (χ0n) is 16.0. The van der Waals surface area contributed by atoms with Gasteiger partial charge in [0.05, 0.1) is 0 Å². The Morgan fingerprint density at radius 3 is 2.23 bits per heavy atom. The number of rotatable bonds is 7. The SMILES string of the molecule is CC(C)C1CCC(C(=O)N[C@H](Cc2ccccc2)C(=O)NC2CC2)CC1. The zero-order valence-corrected chi connectivity index (χ0v) is 16.0. The highest BCUT2D eigenvalue weighted by Gasteiger charge is 2.32. The Labute approximate surface area is 157 Å². The second kappa shape index (κ2) is 8.70. The van der Waals surface area contributed by atoms with Gasteiger partial charge in [-0.15, -0.1) is 0 Å². The maximum absolute atomic E-state index is 12.8. The minimum atomic E-state index is -0.478. The van der Waals surface area contributed by atoms with Crippen molar-refractivity contribution in [1.82, 2.24) is 10.6 Å². The molecule has 0 unspecified atom stereocenters. The molecule has 0 bridgehead atoms. The molecule has 2 aliphatic rings. The minimum Gasteiger partial charge on any atom is -0.352 e. The summed E-state index contributed by atoms with van der Waals surface area (Å²) < 4.78 is 0. The van der Waals surface area contributed by atoms with Crippen molar-refractivity contribution in [3.63, 3.8) is 0 Å². The summed E-state index contributed by atoms with van der Waals surface area (Å²) >= 11 is 0. The number of amides is 2. The monoisotopic (exact) mass is 356 g/mol. The molecule has 0 spiro atoms. The van der Waals surface area contributed by atoms with E-state index in [1.165, 1.54) is 0 Å². The fraction of sp³-hybridized carbons (Fsp3) is 0.636. The van der Waals surface area contributed by atoms with Crippen LogP contribution in [-0.2, 0) is 16.0 Å². The molecule has 0 saturated heterocycles. The molecule has 0 radical (unpaired) electrons. The van der Waals surface area contributed by atoms with Gasteiger partial charge in [-0.05, 0) is 55.9 Å². The molecule has 1 aromatic carbocycles. The van der Waals surface area contributed by atoms with Gasteiger partial charge in [0, 0.05) is 18.4 Å². The lowest BCUT2D eigenvalue weighted by Gasteiger charge is -2.31. The van der Waals surface area contributed by atoms with Crippen LogP contribution in [0.25, 0.3) is 0 Å². The quantitative estimate of drug-likeness (QED) is 0.786. The summed E-state index contributed by atoms with van der Waals surface area (Å²) in [7, 11) is 0. The Morgan fingerprint density at radius 1 is 1.00 bits per heavy atom.